The molecule has 312 valence electrons. The lowest BCUT2D eigenvalue weighted by atomic mass is 9.35. The summed E-state index contributed by atoms with van der Waals surface area (Å²) < 4.78 is 5.55. The van der Waals surface area contributed by atoms with Crippen molar-refractivity contribution in [3.63, 3.8) is 0 Å². The number of carboxylic acids is 1. The van der Waals surface area contributed by atoms with E-state index in [4.69, 9.17) is 4.74 Å². The van der Waals surface area contributed by atoms with Crippen LogP contribution >= 0.6 is 0 Å². The molecule has 0 spiro atoms. The summed E-state index contributed by atoms with van der Waals surface area (Å²) in [5.41, 5.74) is 3.41. The van der Waals surface area contributed by atoms with Gasteiger partial charge in [-0.1, -0.05) is 54.0 Å². The maximum atomic E-state index is 14.1. The molecule has 11 unspecified atom stereocenters. The predicted octanol–water partition coefficient (Wildman–Crippen LogP) is 8.56. The second-order valence-electron chi connectivity index (χ2n) is 21.2. The second-order valence-corrected chi connectivity index (χ2v) is 21.2. The Morgan fingerprint density at radius 3 is 2.40 bits per heavy atom. The van der Waals surface area contributed by atoms with Gasteiger partial charge in [0.25, 0.3) is 5.91 Å². The Balaban J connectivity index is 0.985. The van der Waals surface area contributed by atoms with Crippen LogP contribution in [0, 0.1) is 74.9 Å². The highest BCUT2D eigenvalue weighted by Gasteiger charge is 2.66. The van der Waals surface area contributed by atoms with E-state index in [1.165, 1.54) is 24.8 Å². The van der Waals surface area contributed by atoms with Gasteiger partial charge in [0.05, 0.1) is 24.7 Å². The summed E-state index contributed by atoms with van der Waals surface area (Å²) in [4.78, 5) is 59.8. The number of carboxylic acid groups (broad SMARTS) is 1. The van der Waals surface area contributed by atoms with Gasteiger partial charge in [-0.2, -0.15) is 0 Å². The molecule has 9 heteroatoms. The Kier molecular flexibility index (Phi) is 10.6. The lowest BCUT2D eigenvalue weighted by molar-refractivity contribution is -0.193. The van der Waals surface area contributed by atoms with E-state index in [0.717, 1.165) is 44.1 Å². The van der Waals surface area contributed by atoms with E-state index < -0.39 is 5.97 Å². The van der Waals surface area contributed by atoms with Crippen LogP contribution in [0.1, 0.15) is 136 Å². The normalized spacial score (nSPS) is 39.7. The number of pyridine rings is 1. The number of Topliss-reactive ketones (excluding diaryl/α,β-unsaturated/α-hetero) is 2. The Morgan fingerprint density at radius 2 is 1.70 bits per heavy atom. The third kappa shape index (κ3) is 6.54. The fourth-order valence-corrected chi connectivity index (χ4v) is 15.2. The van der Waals surface area contributed by atoms with Crippen molar-refractivity contribution in [2.24, 2.45) is 74.9 Å². The summed E-state index contributed by atoms with van der Waals surface area (Å²) in [6.07, 6.45) is 13.3. The van der Waals surface area contributed by atoms with Crippen molar-refractivity contribution >= 4 is 29.3 Å². The molecule has 0 bridgehead atoms. The summed E-state index contributed by atoms with van der Waals surface area (Å²) in [5.74, 6) is 2.58. The molecular formula is C48H69N3O6. The van der Waals surface area contributed by atoms with Crippen LogP contribution in [0.5, 0.6) is 0 Å². The number of allylic oxidation sites excluding steroid dienone is 2. The number of aromatic nitrogens is 1. The number of fused-ring (bicyclic) bond motifs is 7. The molecular weight excluding hydrogens is 715 g/mol. The molecule has 2 heterocycles. The Bertz CT molecular complexity index is 1810. The average molecular weight is 784 g/mol. The van der Waals surface area contributed by atoms with Gasteiger partial charge in [-0.3, -0.25) is 19.2 Å². The van der Waals surface area contributed by atoms with Gasteiger partial charge in [0.2, 0.25) is 0 Å². The monoisotopic (exact) mass is 784 g/mol. The van der Waals surface area contributed by atoms with Crippen LogP contribution in [0.25, 0.3) is 0 Å². The molecule has 5 saturated carbocycles. The van der Waals surface area contributed by atoms with Gasteiger partial charge >= 0.3 is 5.97 Å². The van der Waals surface area contributed by atoms with Crippen LogP contribution in [-0.2, 0) is 19.1 Å². The van der Waals surface area contributed by atoms with E-state index in [0.29, 0.717) is 105 Å². The number of ether oxygens (including phenoxy) is 1. The number of hydrogen-bond acceptors (Lipinski definition) is 7. The van der Waals surface area contributed by atoms with Gasteiger partial charge in [-0.15, -0.1) is 0 Å². The van der Waals surface area contributed by atoms with Crippen molar-refractivity contribution in [3.8, 4) is 0 Å². The molecule has 6 aliphatic carbocycles. The zero-order chi connectivity index (χ0) is 40.7. The number of aliphatic carboxylic acids is 1. The summed E-state index contributed by atoms with van der Waals surface area (Å²) in [5, 5.41) is 12.8. The van der Waals surface area contributed by atoms with Crippen LogP contribution in [-0.4, -0.2) is 66.4 Å². The quantitative estimate of drug-likeness (QED) is 0.242. The predicted molar refractivity (Wildman–Crippen MR) is 221 cm³/mol. The number of anilines is 1. The molecule has 1 saturated heterocycles. The zero-order valence-corrected chi connectivity index (χ0v) is 35.8. The molecule has 7 aliphatic rings. The number of ketones is 2. The van der Waals surface area contributed by atoms with Crippen LogP contribution in [0.15, 0.2) is 29.5 Å². The summed E-state index contributed by atoms with van der Waals surface area (Å²) in [6.45, 7) is 19.7. The topological polar surface area (TPSA) is 126 Å². The van der Waals surface area contributed by atoms with Crippen molar-refractivity contribution < 1.29 is 29.0 Å². The maximum Gasteiger partial charge on any atom is 0.306 e. The van der Waals surface area contributed by atoms with E-state index in [9.17, 15) is 24.3 Å². The summed E-state index contributed by atoms with van der Waals surface area (Å²) >= 11 is 0. The van der Waals surface area contributed by atoms with Gasteiger partial charge in [0.15, 0.2) is 5.78 Å². The number of morpholine rings is 1. The number of carbonyl (C=O) groups is 4. The van der Waals surface area contributed by atoms with E-state index in [1.807, 2.05) is 19.1 Å². The molecule has 57 heavy (non-hydrogen) atoms. The molecule has 1 aliphatic heterocycles. The molecule has 0 aromatic carbocycles. The Hall–Kier alpha value is -3.07. The Labute approximate surface area is 340 Å². The van der Waals surface area contributed by atoms with Crippen LogP contribution in [0.4, 0.5) is 5.82 Å². The molecule has 11 atom stereocenters. The third-order valence-corrected chi connectivity index (χ3v) is 18.2. The molecule has 8 rings (SSSR count). The van der Waals surface area contributed by atoms with Gasteiger partial charge in [0, 0.05) is 50.0 Å². The second kappa shape index (κ2) is 14.9. The minimum Gasteiger partial charge on any atom is -0.481 e. The number of rotatable bonds is 10. The van der Waals surface area contributed by atoms with E-state index in [1.54, 1.807) is 6.20 Å². The highest BCUT2D eigenvalue weighted by Crippen LogP contribution is 2.74. The van der Waals surface area contributed by atoms with Crippen molar-refractivity contribution in [1.82, 2.24) is 10.3 Å². The first-order valence-electron chi connectivity index (χ1n) is 22.6. The number of amides is 1. The van der Waals surface area contributed by atoms with E-state index >= 15 is 0 Å². The van der Waals surface area contributed by atoms with Gasteiger partial charge in [-0.05, 0) is 140 Å². The molecule has 1 aromatic heterocycles. The molecule has 1 aromatic rings. The highest BCUT2D eigenvalue weighted by atomic mass is 16.5. The number of nitrogens with zero attached hydrogens (tertiary/aromatic N) is 2. The number of nitrogens with one attached hydrogen (secondary N) is 1. The first-order valence-corrected chi connectivity index (χ1v) is 22.6. The molecule has 2 N–H and O–H groups in total. The first-order chi connectivity index (χ1) is 27.0. The summed E-state index contributed by atoms with van der Waals surface area (Å²) in [7, 11) is 0. The van der Waals surface area contributed by atoms with Crippen molar-refractivity contribution in [3.05, 3.63) is 35.0 Å². The lowest BCUT2D eigenvalue weighted by Gasteiger charge is -2.69. The highest BCUT2D eigenvalue weighted by molar-refractivity contribution is 6.01. The van der Waals surface area contributed by atoms with Crippen molar-refractivity contribution in [2.45, 2.75) is 126 Å². The van der Waals surface area contributed by atoms with E-state index in [-0.39, 0.29) is 51.2 Å². The number of carbonyl (C=O) groups excluding carboxylic acids is 3. The fraction of sp³-hybridized carbons (Fsp3) is 0.771. The zero-order valence-electron chi connectivity index (χ0n) is 35.8. The first kappa shape index (κ1) is 40.7. The van der Waals surface area contributed by atoms with Gasteiger partial charge in [0.1, 0.15) is 11.6 Å². The molecule has 9 nitrogen and oxygen atoms in total. The lowest BCUT2D eigenvalue weighted by Crippen LogP contribution is -2.62. The van der Waals surface area contributed by atoms with Crippen LogP contribution in [0.2, 0.25) is 0 Å². The van der Waals surface area contributed by atoms with Crippen molar-refractivity contribution in [2.75, 3.05) is 37.7 Å². The molecule has 1 amide bonds. The third-order valence-electron chi connectivity index (χ3n) is 18.2. The molecule has 6 fully saturated rings. The fourth-order valence-electron chi connectivity index (χ4n) is 15.2. The largest absolute Gasteiger partial charge is 0.481 e. The van der Waals surface area contributed by atoms with Crippen LogP contribution in [0.3, 0.4) is 0 Å². The molecule has 0 radical (unpaired) electrons. The standard InChI is InChI=1S/C48H69N3O6/c1-28(2)40-37(53)27-48(18-20-50-43(54)32-9-8-19-49-42(32)51-21-23-57-24-22-51)17-13-35-31(41(40)48)10-11-39-46(35,6)16-14-38-45(4,5)30(12-15-47(38,39)7)25-36(52)33-26-34(29(33)3)44(55)56/h8-9,19,28-31,33-35,38-39H,10-18,20-27H2,1-7H3,(H,50,54)(H,55,56). The minimum atomic E-state index is -0.760. The average Bonchev–Trinajstić information content (AvgIpc) is 3.47. The number of hydrogen-bond donors (Lipinski definition) is 2. The maximum absolute atomic E-state index is 14.1. The SMILES string of the molecule is CC(C)C1=C2C3CCC4C(C)(CCC5C(C)(C)C(CC(=O)C6CC(C(=O)O)C6C)CCC54C)C3CCC2(CCNC(=O)c2cccnc2N2CCOCC2)CC1=O. The van der Waals surface area contributed by atoms with Gasteiger partial charge < -0.3 is 20.1 Å². The van der Waals surface area contributed by atoms with E-state index in [2.05, 4.69) is 56.7 Å². The smallest absolute Gasteiger partial charge is 0.306 e. The van der Waals surface area contributed by atoms with Crippen LogP contribution < -0.4 is 10.2 Å². The Morgan fingerprint density at radius 1 is 0.965 bits per heavy atom. The van der Waals surface area contributed by atoms with Crippen molar-refractivity contribution in [1.29, 1.82) is 0 Å². The van der Waals surface area contributed by atoms with Gasteiger partial charge in [-0.25, -0.2) is 4.98 Å². The minimum absolute atomic E-state index is 0.0379. The summed E-state index contributed by atoms with van der Waals surface area (Å²) in [6, 6.07) is 3.70.